The van der Waals surface area contributed by atoms with Gasteiger partial charge >= 0.3 is 0 Å². The number of nitrogens with one attached hydrogen (secondary N) is 1. The van der Waals surface area contributed by atoms with Gasteiger partial charge in [-0.15, -0.1) is 0 Å². The molecule has 0 radical (unpaired) electrons. The van der Waals surface area contributed by atoms with Gasteiger partial charge in [0.05, 0.1) is 11.6 Å². The SMILES string of the molecule is CC(C)n1nc(N2CCCCC2CNc2nc(C(F)F)nc3ccccc23)ccc1=O. The van der Waals surface area contributed by atoms with Crippen LogP contribution < -0.4 is 15.8 Å². The average Bonchev–Trinajstić information content (AvgIpc) is 2.77. The van der Waals surface area contributed by atoms with Crippen molar-refractivity contribution in [3.63, 3.8) is 0 Å². The molecule has 0 spiro atoms. The van der Waals surface area contributed by atoms with Crippen LogP contribution in [0.5, 0.6) is 0 Å². The molecule has 31 heavy (non-hydrogen) atoms. The molecule has 164 valence electrons. The second-order valence-electron chi connectivity index (χ2n) is 8.04. The summed E-state index contributed by atoms with van der Waals surface area (Å²) in [5.41, 5.74) is 0.360. The maximum atomic E-state index is 13.3. The van der Waals surface area contributed by atoms with E-state index in [-0.39, 0.29) is 17.6 Å². The van der Waals surface area contributed by atoms with Gasteiger partial charge in [0.25, 0.3) is 12.0 Å². The number of alkyl halides is 2. The normalized spacial score (nSPS) is 17.0. The largest absolute Gasteiger partial charge is 0.367 e. The summed E-state index contributed by atoms with van der Waals surface area (Å²) in [6.45, 7) is 5.19. The molecule has 0 amide bonds. The van der Waals surface area contributed by atoms with E-state index in [1.807, 2.05) is 26.0 Å². The van der Waals surface area contributed by atoms with E-state index in [0.29, 0.717) is 23.3 Å². The number of fused-ring (bicyclic) bond motifs is 1. The highest BCUT2D eigenvalue weighted by molar-refractivity contribution is 5.89. The maximum absolute atomic E-state index is 13.3. The van der Waals surface area contributed by atoms with Gasteiger partial charge in [-0.3, -0.25) is 4.79 Å². The third kappa shape index (κ3) is 4.50. The molecule has 2 aromatic heterocycles. The molecule has 1 aliphatic heterocycles. The van der Waals surface area contributed by atoms with E-state index in [1.54, 1.807) is 24.3 Å². The van der Waals surface area contributed by atoms with Crippen molar-refractivity contribution in [2.24, 2.45) is 0 Å². The van der Waals surface area contributed by atoms with E-state index in [4.69, 9.17) is 0 Å². The quantitative estimate of drug-likeness (QED) is 0.635. The van der Waals surface area contributed by atoms with Crippen LogP contribution in [0.3, 0.4) is 0 Å². The predicted octanol–water partition coefficient (Wildman–Crippen LogP) is 4.18. The molecule has 1 aromatic carbocycles. The Kier molecular flexibility index (Phi) is 6.11. The van der Waals surface area contributed by atoms with Gasteiger partial charge in [-0.25, -0.2) is 23.4 Å². The Morgan fingerprint density at radius 3 is 2.71 bits per heavy atom. The van der Waals surface area contributed by atoms with Crippen LogP contribution in [0.15, 0.2) is 41.2 Å². The maximum Gasteiger partial charge on any atom is 0.297 e. The number of hydrogen-bond donors (Lipinski definition) is 1. The second kappa shape index (κ2) is 8.95. The Bertz CT molecular complexity index is 1120. The minimum absolute atomic E-state index is 0.0334. The Balaban J connectivity index is 1.60. The number of aromatic nitrogens is 4. The van der Waals surface area contributed by atoms with Crippen LogP contribution in [0.2, 0.25) is 0 Å². The fraction of sp³-hybridized carbons (Fsp3) is 0.455. The van der Waals surface area contributed by atoms with Crippen LogP contribution in [0.25, 0.3) is 10.9 Å². The van der Waals surface area contributed by atoms with Gasteiger partial charge in [-0.2, -0.15) is 5.10 Å². The third-order valence-corrected chi connectivity index (χ3v) is 5.54. The zero-order valence-electron chi connectivity index (χ0n) is 17.6. The van der Waals surface area contributed by atoms with E-state index in [2.05, 4.69) is 25.3 Å². The van der Waals surface area contributed by atoms with Crippen molar-refractivity contribution >= 4 is 22.5 Å². The molecule has 1 saturated heterocycles. The second-order valence-corrected chi connectivity index (χ2v) is 8.04. The number of halogens is 2. The van der Waals surface area contributed by atoms with Gasteiger partial charge in [-0.1, -0.05) is 12.1 Å². The van der Waals surface area contributed by atoms with Crippen molar-refractivity contribution in [2.45, 2.75) is 51.6 Å². The molecule has 1 fully saturated rings. The molecule has 3 heterocycles. The zero-order chi connectivity index (χ0) is 22.0. The number of nitrogens with zero attached hydrogens (tertiary/aromatic N) is 5. The summed E-state index contributed by atoms with van der Waals surface area (Å²) < 4.78 is 28.1. The molecular formula is C22H26F2N6O. The molecule has 4 rings (SSSR count). The third-order valence-electron chi connectivity index (χ3n) is 5.54. The van der Waals surface area contributed by atoms with E-state index < -0.39 is 12.2 Å². The van der Waals surface area contributed by atoms with Gasteiger partial charge in [-0.05, 0) is 51.3 Å². The predicted molar refractivity (Wildman–Crippen MR) is 117 cm³/mol. The highest BCUT2D eigenvalue weighted by Gasteiger charge is 2.25. The molecule has 1 aliphatic rings. The van der Waals surface area contributed by atoms with Crippen LogP contribution in [-0.2, 0) is 0 Å². The number of para-hydroxylation sites is 1. The summed E-state index contributed by atoms with van der Waals surface area (Å²) in [6, 6.07) is 10.5. The molecule has 1 atom stereocenters. The molecule has 3 aromatic rings. The standard InChI is InChI=1S/C22H26F2N6O/c1-14(2)30-19(31)11-10-18(28-30)29-12-6-5-7-15(29)13-25-21-16-8-3-4-9-17(16)26-22(27-21)20(23)24/h3-4,8-11,14-15,20H,5-7,12-13H2,1-2H3,(H,25,26,27). The van der Waals surface area contributed by atoms with Gasteiger partial charge in [0.15, 0.2) is 5.82 Å². The minimum atomic E-state index is -2.74. The van der Waals surface area contributed by atoms with Crippen molar-refractivity contribution < 1.29 is 8.78 Å². The molecule has 1 unspecified atom stereocenters. The molecule has 0 aliphatic carbocycles. The lowest BCUT2D eigenvalue weighted by molar-refractivity contribution is 0.141. The van der Waals surface area contributed by atoms with E-state index in [1.165, 1.54) is 4.68 Å². The number of hydrogen-bond acceptors (Lipinski definition) is 6. The van der Waals surface area contributed by atoms with Crippen LogP contribution in [0.1, 0.15) is 51.4 Å². The highest BCUT2D eigenvalue weighted by Crippen LogP contribution is 2.26. The van der Waals surface area contributed by atoms with Crippen molar-refractivity contribution in [1.29, 1.82) is 0 Å². The fourth-order valence-corrected chi connectivity index (χ4v) is 3.99. The van der Waals surface area contributed by atoms with E-state index in [0.717, 1.165) is 31.6 Å². The summed E-state index contributed by atoms with van der Waals surface area (Å²) in [5.74, 6) is 0.680. The monoisotopic (exact) mass is 428 g/mol. The Hall–Kier alpha value is -3.10. The Labute approximate surface area is 179 Å². The van der Waals surface area contributed by atoms with E-state index >= 15 is 0 Å². The molecule has 9 heteroatoms. The molecule has 1 N–H and O–H groups in total. The topological polar surface area (TPSA) is 75.9 Å². The van der Waals surface area contributed by atoms with Crippen molar-refractivity contribution in [2.75, 3.05) is 23.3 Å². The molecule has 0 saturated carbocycles. The van der Waals surface area contributed by atoms with Gasteiger partial charge in [0.1, 0.15) is 11.6 Å². The number of piperidine rings is 1. The first-order valence-electron chi connectivity index (χ1n) is 10.6. The Morgan fingerprint density at radius 2 is 1.94 bits per heavy atom. The average molecular weight is 428 g/mol. The summed E-state index contributed by atoms with van der Waals surface area (Å²) in [7, 11) is 0. The Morgan fingerprint density at radius 1 is 1.13 bits per heavy atom. The highest BCUT2D eigenvalue weighted by atomic mass is 19.3. The first-order valence-corrected chi connectivity index (χ1v) is 10.6. The smallest absolute Gasteiger partial charge is 0.297 e. The minimum Gasteiger partial charge on any atom is -0.367 e. The van der Waals surface area contributed by atoms with Crippen LogP contribution in [-0.4, -0.2) is 38.9 Å². The number of rotatable bonds is 6. The molecule has 7 nitrogen and oxygen atoms in total. The first-order chi connectivity index (χ1) is 14.9. The summed E-state index contributed by atoms with van der Waals surface area (Å²) in [6.07, 6.45) is 0.294. The van der Waals surface area contributed by atoms with Gasteiger partial charge in [0, 0.05) is 30.6 Å². The zero-order valence-corrected chi connectivity index (χ0v) is 17.6. The number of benzene rings is 1. The lowest BCUT2D eigenvalue weighted by atomic mass is 10.0. The van der Waals surface area contributed by atoms with Crippen molar-refractivity contribution in [1.82, 2.24) is 19.7 Å². The fourth-order valence-electron chi connectivity index (χ4n) is 3.99. The molecular weight excluding hydrogens is 402 g/mol. The summed E-state index contributed by atoms with van der Waals surface area (Å²) in [4.78, 5) is 22.3. The van der Waals surface area contributed by atoms with Crippen molar-refractivity contribution in [3.8, 4) is 0 Å². The van der Waals surface area contributed by atoms with Gasteiger partial charge < -0.3 is 10.2 Å². The number of anilines is 2. The van der Waals surface area contributed by atoms with Gasteiger partial charge in [0.2, 0.25) is 0 Å². The van der Waals surface area contributed by atoms with Crippen LogP contribution in [0, 0.1) is 0 Å². The molecule has 0 bridgehead atoms. The van der Waals surface area contributed by atoms with Crippen LogP contribution >= 0.6 is 0 Å². The van der Waals surface area contributed by atoms with E-state index in [9.17, 15) is 13.6 Å². The van der Waals surface area contributed by atoms with Crippen molar-refractivity contribution in [3.05, 3.63) is 52.6 Å². The summed E-state index contributed by atoms with van der Waals surface area (Å²) >= 11 is 0. The lowest BCUT2D eigenvalue weighted by Crippen LogP contribution is -2.45. The lowest BCUT2D eigenvalue weighted by Gasteiger charge is -2.37. The first kappa shape index (κ1) is 21.1. The summed E-state index contributed by atoms with van der Waals surface area (Å²) in [5, 5.41) is 8.55. The van der Waals surface area contributed by atoms with Crippen LogP contribution in [0.4, 0.5) is 20.4 Å².